The van der Waals surface area contributed by atoms with Crippen LogP contribution in [-0.4, -0.2) is 78.9 Å². The van der Waals surface area contributed by atoms with E-state index in [9.17, 15) is 22.8 Å². The second kappa shape index (κ2) is 11.1. The zero-order valence-electron chi connectivity index (χ0n) is 22.7. The molecule has 2 aliphatic heterocycles. The maximum absolute atomic E-state index is 15.8. The standard InChI is InChI=1S/C27H30F4N6O3S/c1-15-11-36(12-16(2)34(15)3)22-10-20(28)17(21-14-41-26(33-21)35-4-6-40-7-5-35)8-23(22)37-13-18(25(32)39)19(9-24(37)38)27(29,30)31/h8-10,13-16H,4-7,11-12H2,1-3H3,(H2,32,39)/t15-,16+. The molecule has 0 unspecified atom stereocenters. The number of thiazole rings is 1. The van der Waals surface area contributed by atoms with Crippen LogP contribution in [0.4, 0.5) is 28.4 Å². The molecule has 2 atom stereocenters. The molecule has 9 nitrogen and oxygen atoms in total. The van der Waals surface area contributed by atoms with Gasteiger partial charge in [-0.25, -0.2) is 9.37 Å². The van der Waals surface area contributed by atoms with Crippen LogP contribution in [0.3, 0.4) is 0 Å². The summed E-state index contributed by atoms with van der Waals surface area (Å²) in [7, 11) is 1.98. The van der Waals surface area contributed by atoms with Gasteiger partial charge in [-0.3, -0.25) is 19.1 Å². The lowest BCUT2D eigenvalue weighted by Crippen LogP contribution is -2.55. The Kier molecular flexibility index (Phi) is 7.83. The molecule has 0 spiro atoms. The summed E-state index contributed by atoms with van der Waals surface area (Å²) in [6, 6.07) is 3.15. The van der Waals surface area contributed by atoms with Crippen LogP contribution in [0.2, 0.25) is 0 Å². The zero-order valence-corrected chi connectivity index (χ0v) is 23.6. The number of nitrogens with zero attached hydrogens (tertiary/aromatic N) is 5. The minimum absolute atomic E-state index is 0.0643. The lowest BCUT2D eigenvalue weighted by Gasteiger charge is -2.44. The molecule has 220 valence electrons. The molecule has 3 aromatic rings. The number of morpholine rings is 1. The van der Waals surface area contributed by atoms with E-state index in [-0.39, 0.29) is 23.3 Å². The molecule has 1 aromatic carbocycles. The summed E-state index contributed by atoms with van der Waals surface area (Å²) in [6.07, 6.45) is -4.19. The van der Waals surface area contributed by atoms with Crippen LogP contribution < -0.4 is 21.1 Å². The summed E-state index contributed by atoms with van der Waals surface area (Å²) in [5.74, 6) is -1.94. The van der Waals surface area contributed by atoms with Crippen LogP contribution in [0.5, 0.6) is 0 Å². The van der Waals surface area contributed by atoms with E-state index in [1.165, 1.54) is 23.5 Å². The third-order valence-corrected chi connectivity index (χ3v) is 8.60. The van der Waals surface area contributed by atoms with E-state index in [1.54, 1.807) is 5.38 Å². The van der Waals surface area contributed by atoms with E-state index in [1.807, 2.05) is 30.7 Å². The number of hydrogen-bond acceptors (Lipinski definition) is 8. The molecular weight excluding hydrogens is 564 g/mol. The van der Waals surface area contributed by atoms with E-state index in [2.05, 4.69) is 9.88 Å². The number of pyridine rings is 1. The Balaban J connectivity index is 1.69. The van der Waals surface area contributed by atoms with Crippen molar-refractivity contribution in [3.63, 3.8) is 0 Å². The topological polar surface area (TPSA) is 96.9 Å². The summed E-state index contributed by atoms with van der Waals surface area (Å²) < 4.78 is 63.2. The van der Waals surface area contributed by atoms with Crippen molar-refractivity contribution in [2.24, 2.45) is 5.73 Å². The van der Waals surface area contributed by atoms with Gasteiger partial charge in [0.2, 0.25) is 0 Å². The number of alkyl halides is 3. The largest absolute Gasteiger partial charge is 0.417 e. The number of piperazine rings is 1. The summed E-state index contributed by atoms with van der Waals surface area (Å²) in [5.41, 5.74) is 2.79. The predicted molar refractivity (Wildman–Crippen MR) is 149 cm³/mol. The number of halogens is 4. The highest BCUT2D eigenvalue weighted by molar-refractivity contribution is 7.14. The molecule has 2 saturated heterocycles. The first-order chi connectivity index (χ1) is 19.3. The van der Waals surface area contributed by atoms with E-state index < -0.39 is 34.6 Å². The van der Waals surface area contributed by atoms with Crippen LogP contribution in [-0.2, 0) is 10.9 Å². The number of anilines is 2. The molecule has 14 heteroatoms. The van der Waals surface area contributed by atoms with Crippen molar-refractivity contribution < 1.29 is 27.1 Å². The van der Waals surface area contributed by atoms with E-state index in [0.717, 1.165) is 10.8 Å². The first-order valence-electron chi connectivity index (χ1n) is 13.1. The molecule has 41 heavy (non-hydrogen) atoms. The lowest BCUT2D eigenvalue weighted by molar-refractivity contribution is -0.138. The highest BCUT2D eigenvalue weighted by atomic mass is 32.1. The number of carbonyl (C=O) groups excluding carboxylic acids is 1. The highest BCUT2D eigenvalue weighted by Crippen LogP contribution is 2.37. The fourth-order valence-corrected chi connectivity index (χ4v) is 6.11. The number of amides is 1. The Bertz CT molecular complexity index is 1510. The number of hydrogen-bond donors (Lipinski definition) is 1. The van der Waals surface area contributed by atoms with Gasteiger partial charge in [-0.15, -0.1) is 11.3 Å². The van der Waals surface area contributed by atoms with Gasteiger partial charge in [0, 0.05) is 67.5 Å². The highest BCUT2D eigenvalue weighted by Gasteiger charge is 2.37. The van der Waals surface area contributed by atoms with E-state index >= 15 is 4.39 Å². The molecule has 0 aliphatic carbocycles. The predicted octanol–water partition coefficient (Wildman–Crippen LogP) is 3.58. The van der Waals surface area contributed by atoms with E-state index in [0.29, 0.717) is 62.0 Å². The second-order valence-electron chi connectivity index (χ2n) is 10.4. The maximum atomic E-state index is 15.8. The SMILES string of the molecule is C[C@@H]1CN(c2cc(F)c(-c3csc(N4CCOCC4)n3)cc2-n2cc(C(N)=O)c(C(F)(F)F)cc2=O)C[C@H](C)N1C. The number of benzene rings is 1. The van der Waals surface area contributed by atoms with Crippen LogP contribution in [0.1, 0.15) is 29.8 Å². The molecular formula is C27H30F4N6O3S. The molecule has 0 bridgehead atoms. The minimum atomic E-state index is -4.97. The van der Waals surface area contributed by atoms with Gasteiger partial charge in [0.1, 0.15) is 5.82 Å². The number of aromatic nitrogens is 2. The number of nitrogens with two attached hydrogens (primary N) is 1. The van der Waals surface area contributed by atoms with Crippen molar-refractivity contribution in [1.82, 2.24) is 14.5 Å². The molecule has 5 rings (SSSR count). The number of likely N-dealkylation sites (N-methyl/N-ethyl adjacent to an activating group) is 1. The fraction of sp³-hybridized carbons (Fsp3) is 0.444. The lowest BCUT2D eigenvalue weighted by atomic mass is 10.0. The molecule has 2 fully saturated rings. The van der Waals surface area contributed by atoms with Crippen LogP contribution in [0, 0.1) is 5.82 Å². The van der Waals surface area contributed by atoms with Crippen molar-refractivity contribution in [2.75, 3.05) is 56.2 Å². The first kappa shape index (κ1) is 29.0. The number of rotatable bonds is 5. The van der Waals surface area contributed by atoms with Crippen molar-refractivity contribution in [2.45, 2.75) is 32.1 Å². The Morgan fingerprint density at radius 2 is 1.73 bits per heavy atom. The molecule has 0 saturated carbocycles. The summed E-state index contributed by atoms with van der Waals surface area (Å²) in [4.78, 5) is 35.9. The second-order valence-corrected chi connectivity index (χ2v) is 11.2. The van der Waals surface area contributed by atoms with Crippen molar-refractivity contribution >= 4 is 28.1 Å². The normalized spacial score (nSPS) is 20.5. The van der Waals surface area contributed by atoms with Crippen molar-refractivity contribution in [1.29, 1.82) is 0 Å². The number of ether oxygens (including phenoxy) is 1. The Morgan fingerprint density at radius 1 is 1.07 bits per heavy atom. The molecule has 4 heterocycles. The molecule has 1 amide bonds. The van der Waals surface area contributed by atoms with Gasteiger partial charge in [-0.1, -0.05) is 0 Å². The smallest absolute Gasteiger partial charge is 0.378 e. The summed E-state index contributed by atoms with van der Waals surface area (Å²) >= 11 is 1.33. The third-order valence-electron chi connectivity index (χ3n) is 7.70. The van der Waals surface area contributed by atoms with Gasteiger partial charge in [-0.2, -0.15) is 13.2 Å². The van der Waals surface area contributed by atoms with Crippen molar-refractivity contribution in [3.8, 4) is 16.9 Å². The minimum Gasteiger partial charge on any atom is -0.378 e. The average Bonchev–Trinajstić information content (AvgIpc) is 3.41. The number of primary amides is 1. The summed E-state index contributed by atoms with van der Waals surface area (Å²) in [6.45, 7) is 7.32. The first-order valence-corrected chi connectivity index (χ1v) is 14.0. The van der Waals surface area contributed by atoms with Gasteiger partial charge >= 0.3 is 6.18 Å². The summed E-state index contributed by atoms with van der Waals surface area (Å²) in [5, 5.41) is 2.37. The van der Waals surface area contributed by atoms with Crippen LogP contribution in [0.25, 0.3) is 16.9 Å². The monoisotopic (exact) mass is 594 g/mol. The number of carbonyl (C=O) groups is 1. The van der Waals surface area contributed by atoms with Crippen LogP contribution in [0.15, 0.2) is 34.6 Å². The maximum Gasteiger partial charge on any atom is 0.417 e. The van der Waals surface area contributed by atoms with Crippen LogP contribution >= 0.6 is 11.3 Å². The van der Waals surface area contributed by atoms with Gasteiger partial charge in [0.15, 0.2) is 5.13 Å². The van der Waals surface area contributed by atoms with E-state index in [4.69, 9.17) is 10.5 Å². The quantitative estimate of drug-likeness (QED) is 0.451. The average molecular weight is 595 g/mol. The third kappa shape index (κ3) is 5.68. The molecule has 2 aliphatic rings. The molecule has 2 N–H and O–H groups in total. The van der Waals surface area contributed by atoms with Gasteiger partial charge in [-0.05, 0) is 27.0 Å². The van der Waals surface area contributed by atoms with Gasteiger partial charge < -0.3 is 20.3 Å². The zero-order chi connectivity index (χ0) is 29.6. The Labute approximate surface area is 237 Å². The Morgan fingerprint density at radius 3 is 2.34 bits per heavy atom. The van der Waals surface area contributed by atoms with Gasteiger partial charge in [0.05, 0.1) is 41.4 Å². The van der Waals surface area contributed by atoms with Gasteiger partial charge in [0.25, 0.3) is 11.5 Å². The molecule has 2 aromatic heterocycles. The van der Waals surface area contributed by atoms with Crippen molar-refractivity contribution in [3.05, 3.63) is 57.1 Å². The fourth-order valence-electron chi connectivity index (χ4n) is 5.24. The Hall–Kier alpha value is -3.49. The molecule has 0 radical (unpaired) electrons.